The molecule has 7 heteroatoms. The normalized spacial score (nSPS) is 17.5. The topological polar surface area (TPSA) is 67.2 Å². The van der Waals surface area contributed by atoms with Crippen LogP contribution in [0.15, 0.2) is 22.1 Å². The van der Waals surface area contributed by atoms with E-state index in [-0.39, 0.29) is 18.6 Å². The Labute approximate surface area is 135 Å². The highest BCUT2D eigenvalue weighted by Gasteiger charge is 2.26. The molecule has 0 saturated carbocycles. The van der Waals surface area contributed by atoms with E-state index in [0.29, 0.717) is 11.4 Å². The maximum atomic E-state index is 12.3. The molecule has 1 aliphatic carbocycles. The van der Waals surface area contributed by atoms with E-state index < -0.39 is 0 Å². The third-order valence-corrected chi connectivity index (χ3v) is 5.54. The summed E-state index contributed by atoms with van der Waals surface area (Å²) in [5, 5.41) is 18.4. The first-order chi connectivity index (χ1) is 10.2. The second-order valence-corrected chi connectivity index (χ2v) is 6.78. The zero-order valence-electron chi connectivity index (χ0n) is 11.4. The number of hydrogen-bond donors (Lipinski definition) is 2. The first-order valence-corrected chi connectivity index (χ1v) is 8.57. The van der Waals surface area contributed by atoms with Gasteiger partial charge in [0, 0.05) is 15.7 Å². The van der Waals surface area contributed by atoms with Gasteiger partial charge < -0.3 is 10.4 Å². The minimum absolute atomic E-state index is 0.00249. The zero-order chi connectivity index (χ0) is 14.8. The van der Waals surface area contributed by atoms with Gasteiger partial charge in [0.25, 0.3) is 5.91 Å². The Morgan fingerprint density at radius 2 is 2.48 bits per heavy atom. The summed E-state index contributed by atoms with van der Waals surface area (Å²) in [5.41, 5.74) is 2.21. The monoisotopic (exact) mass is 369 g/mol. The number of hydrogen-bond acceptors (Lipinski definition) is 4. The fraction of sp³-hybridized carbons (Fsp3) is 0.429. The lowest BCUT2D eigenvalue weighted by molar-refractivity contribution is 0.0936. The number of amides is 1. The number of aliphatic hydroxyl groups excluding tert-OH is 1. The Morgan fingerprint density at radius 3 is 3.19 bits per heavy atom. The second kappa shape index (κ2) is 6.29. The standard InChI is InChI=1S/C14H16BrN3O2S/c15-10-4-7-21-13(10)14(20)17-11-2-1-3-12-9(11)8-16-18(12)5-6-19/h4,7-8,11,19H,1-3,5-6H2,(H,17,20). The maximum absolute atomic E-state index is 12.3. The van der Waals surface area contributed by atoms with Crippen LogP contribution in [0.25, 0.3) is 0 Å². The van der Waals surface area contributed by atoms with Gasteiger partial charge in [-0.25, -0.2) is 0 Å². The van der Waals surface area contributed by atoms with Crippen LogP contribution in [0.4, 0.5) is 0 Å². The molecule has 0 saturated heterocycles. The molecule has 2 heterocycles. The van der Waals surface area contributed by atoms with Crippen LogP contribution in [0.3, 0.4) is 0 Å². The summed E-state index contributed by atoms with van der Waals surface area (Å²) in [5.74, 6) is -0.0513. The highest BCUT2D eigenvalue weighted by molar-refractivity contribution is 9.10. The quantitative estimate of drug-likeness (QED) is 0.869. The molecule has 2 N–H and O–H groups in total. The molecule has 0 aliphatic heterocycles. The number of aliphatic hydroxyl groups is 1. The Kier molecular flexibility index (Phi) is 4.42. The molecule has 2 aromatic heterocycles. The van der Waals surface area contributed by atoms with Crippen molar-refractivity contribution in [1.29, 1.82) is 0 Å². The number of rotatable bonds is 4. The molecule has 0 radical (unpaired) electrons. The van der Waals surface area contributed by atoms with Gasteiger partial charge in [0.1, 0.15) is 4.88 Å². The van der Waals surface area contributed by atoms with Crippen molar-refractivity contribution in [3.63, 3.8) is 0 Å². The van der Waals surface area contributed by atoms with Crippen molar-refractivity contribution in [2.45, 2.75) is 31.8 Å². The van der Waals surface area contributed by atoms with E-state index in [1.807, 2.05) is 22.3 Å². The molecule has 1 unspecified atom stereocenters. The minimum Gasteiger partial charge on any atom is -0.394 e. The summed E-state index contributed by atoms with van der Waals surface area (Å²) >= 11 is 4.82. The molecular weight excluding hydrogens is 354 g/mol. The number of nitrogens with one attached hydrogen (secondary N) is 1. The highest BCUT2D eigenvalue weighted by atomic mass is 79.9. The molecule has 5 nitrogen and oxygen atoms in total. The van der Waals surface area contributed by atoms with Crippen LogP contribution in [0.1, 0.15) is 39.8 Å². The number of thiophene rings is 1. The maximum Gasteiger partial charge on any atom is 0.262 e. The number of carbonyl (C=O) groups excluding carboxylic acids is 1. The van der Waals surface area contributed by atoms with E-state index >= 15 is 0 Å². The van der Waals surface area contributed by atoms with Crippen LogP contribution in [0.5, 0.6) is 0 Å². The van der Waals surface area contributed by atoms with E-state index in [0.717, 1.165) is 35.0 Å². The summed E-state index contributed by atoms with van der Waals surface area (Å²) in [6.45, 7) is 0.583. The SMILES string of the molecule is O=C(NC1CCCc2c1cnn2CCO)c1sccc1Br. The van der Waals surface area contributed by atoms with Gasteiger partial charge in [0.2, 0.25) is 0 Å². The Hall–Kier alpha value is -1.18. The van der Waals surface area contributed by atoms with E-state index in [1.165, 1.54) is 11.3 Å². The van der Waals surface area contributed by atoms with Gasteiger partial charge in [-0.05, 0) is 46.6 Å². The average Bonchev–Trinajstić information content (AvgIpc) is 3.07. The number of carbonyl (C=O) groups is 1. The molecule has 3 rings (SSSR count). The Morgan fingerprint density at radius 1 is 1.62 bits per heavy atom. The van der Waals surface area contributed by atoms with Gasteiger partial charge in [0.15, 0.2) is 0 Å². The molecule has 21 heavy (non-hydrogen) atoms. The largest absolute Gasteiger partial charge is 0.394 e. The summed E-state index contributed by atoms with van der Waals surface area (Å²) in [4.78, 5) is 13.0. The van der Waals surface area contributed by atoms with Gasteiger partial charge in [0.05, 0.1) is 25.4 Å². The summed E-state index contributed by atoms with van der Waals surface area (Å²) in [6, 6.07) is 1.88. The van der Waals surface area contributed by atoms with E-state index in [9.17, 15) is 4.79 Å². The van der Waals surface area contributed by atoms with E-state index in [1.54, 1.807) is 0 Å². The van der Waals surface area contributed by atoms with Crippen molar-refractivity contribution >= 4 is 33.2 Å². The molecule has 1 atom stereocenters. The van der Waals surface area contributed by atoms with Crippen molar-refractivity contribution in [3.05, 3.63) is 38.3 Å². The van der Waals surface area contributed by atoms with Gasteiger partial charge in [-0.1, -0.05) is 0 Å². The number of halogens is 1. The molecule has 1 amide bonds. The first-order valence-electron chi connectivity index (χ1n) is 6.90. The number of aromatic nitrogens is 2. The molecule has 0 aromatic carbocycles. The van der Waals surface area contributed by atoms with Crippen molar-refractivity contribution in [3.8, 4) is 0 Å². The zero-order valence-corrected chi connectivity index (χ0v) is 13.8. The van der Waals surface area contributed by atoms with E-state index in [2.05, 4.69) is 26.3 Å². The minimum atomic E-state index is -0.0513. The van der Waals surface area contributed by atoms with Crippen LogP contribution in [0.2, 0.25) is 0 Å². The number of nitrogens with zero attached hydrogens (tertiary/aromatic N) is 2. The van der Waals surface area contributed by atoms with Crippen molar-refractivity contribution < 1.29 is 9.90 Å². The lowest BCUT2D eigenvalue weighted by Crippen LogP contribution is -2.30. The molecule has 112 valence electrons. The van der Waals surface area contributed by atoms with Crippen molar-refractivity contribution in [2.24, 2.45) is 0 Å². The molecular formula is C14H16BrN3O2S. The second-order valence-electron chi connectivity index (χ2n) is 5.01. The van der Waals surface area contributed by atoms with Crippen LogP contribution in [-0.2, 0) is 13.0 Å². The lowest BCUT2D eigenvalue weighted by atomic mass is 9.93. The third-order valence-electron chi connectivity index (χ3n) is 3.70. The van der Waals surface area contributed by atoms with E-state index in [4.69, 9.17) is 5.11 Å². The predicted molar refractivity (Wildman–Crippen MR) is 84.5 cm³/mol. The predicted octanol–water partition coefficient (Wildman–Crippen LogP) is 2.51. The van der Waals surface area contributed by atoms with Gasteiger partial charge in [-0.2, -0.15) is 5.10 Å². The third kappa shape index (κ3) is 2.90. The van der Waals surface area contributed by atoms with Gasteiger partial charge >= 0.3 is 0 Å². The number of fused-ring (bicyclic) bond motifs is 1. The molecule has 1 aliphatic rings. The van der Waals surface area contributed by atoms with Crippen LogP contribution < -0.4 is 5.32 Å². The van der Waals surface area contributed by atoms with Crippen LogP contribution in [-0.4, -0.2) is 27.4 Å². The fourth-order valence-electron chi connectivity index (χ4n) is 2.74. The summed E-state index contributed by atoms with van der Waals surface area (Å²) in [7, 11) is 0. The summed E-state index contributed by atoms with van der Waals surface area (Å²) < 4.78 is 2.67. The Bertz CT molecular complexity index is 652. The molecule has 2 aromatic rings. The van der Waals surface area contributed by atoms with Crippen molar-refractivity contribution in [1.82, 2.24) is 15.1 Å². The molecule has 0 fully saturated rings. The van der Waals surface area contributed by atoms with Crippen molar-refractivity contribution in [2.75, 3.05) is 6.61 Å². The fourth-order valence-corrected chi connectivity index (χ4v) is 4.19. The Balaban J connectivity index is 1.79. The lowest BCUT2D eigenvalue weighted by Gasteiger charge is -2.24. The van der Waals surface area contributed by atoms with Crippen LogP contribution in [0, 0.1) is 0 Å². The highest BCUT2D eigenvalue weighted by Crippen LogP contribution is 2.31. The van der Waals surface area contributed by atoms with Crippen LogP contribution >= 0.6 is 27.3 Å². The molecule has 0 bridgehead atoms. The van der Waals surface area contributed by atoms with Gasteiger partial charge in [-0.3, -0.25) is 9.48 Å². The first kappa shape index (κ1) is 14.7. The molecule has 0 spiro atoms. The average molecular weight is 370 g/mol. The smallest absolute Gasteiger partial charge is 0.262 e. The van der Waals surface area contributed by atoms with Gasteiger partial charge in [-0.15, -0.1) is 11.3 Å². The summed E-state index contributed by atoms with van der Waals surface area (Å²) in [6.07, 6.45) is 4.70.